The van der Waals surface area contributed by atoms with Crippen molar-refractivity contribution < 1.29 is 0 Å². The van der Waals surface area contributed by atoms with Crippen LogP contribution in [0.25, 0.3) is 0 Å². The number of rotatable bonds is 8. The van der Waals surface area contributed by atoms with E-state index in [0.717, 1.165) is 0 Å². The van der Waals surface area contributed by atoms with Crippen molar-refractivity contribution in [2.45, 2.75) is 44.6 Å². The first-order valence-electron chi connectivity index (χ1n) is 8.48. The average molecular weight is 295 g/mol. The molecule has 2 aromatic carbocycles. The summed E-state index contributed by atoms with van der Waals surface area (Å²) in [5, 5.41) is 0. The Hall–Kier alpha value is -1.60. The lowest BCUT2D eigenvalue weighted by Crippen LogP contribution is -2.22. The Bertz CT molecular complexity index is 518. The van der Waals surface area contributed by atoms with E-state index in [-0.39, 0.29) is 0 Å². The van der Waals surface area contributed by atoms with E-state index in [2.05, 4.69) is 86.6 Å². The first-order chi connectivity index (χ1) is 10.7. The maximum Gasteiger partial charge on any atom is 0.0347 e. The van der Waals surface area contributed by atoms with Crippen LogP contribution in [0.4, 0.5) is 0 Å². The van der Waals surface area contributed by atoms with Crippen LogP contribution in [0.1, 0.15) is 55.7 Å². The van der Waals surface area contributed by atoms with Gasteiger partial charge in [0.05, 0.1) is 0 Å². The molecule has 0 aliphatic carbocycles. The zero-order valence-corrected chi connectivity index (χ0v) is 14.2. The van der Waals surface area contributed by atoms with Crippen LogP contribution in [0, 0.1) is 0 Å². The van der Waals surface area contributed by atoms with Crippen molar-refractivity contribution in [2.75, 3.05) is 14.1 Å². The fraction of sp³-hybridized carbons (Fsp3) is 0.429. The normalized spacial score (nSPS) is 14.0. The predicted molar refractivity (Wildman–Crippen MR) is 96.2 cm³/mol. The molecule has 118 valence electrons. The van der Waals surface area contributed by atoms with Gasteiger partial charge in [0.2, 0.25) is 0 Å². The Kier molecular flexibility index (Phi) is 6.67. The minimum absolute atomic E-state index is 0.475. The van der Waals surface area contributed by atoms with Crippen molar-refractivity contribution in [1.82, 2.24) is 4.90 Å². The smallest absolute Gasteiger partial charge is 0.0347 e. The molecule has 0 bridgehead atoms. The lowest BCUT2D eigenvalue weighted by atomic mass is 9.85. The Morgan fingerprint density at radius 1 is 0.818 bits per heavy atom. The average Bonchev–Trinajstić information content (AvgIpc) is 2.56. The zero-order valence-electron chi connectivity index (χ0n) is 14.2. The Morgan fingerprint density at radius 3 is 1.86 bits per heavy atom. The van der Waals surface area contributed by atoms with Crippen molar-refractivity contribution in [1.29, 1.82) is 0 Å². The summed E-state index contributed by atoms with van der Waals surface area (Å²) in [5.74, 6) is 0.633. The SMILES string of the molecule is CCCCC(CC(c1ccccc1)N(C)C)c1ccccc1. The summed E-state index contributed by atoms with van der Waals surface area (Å²) < 4.78 is 0. The highest BCUT2D eigenvalue weighted by molar-refractivity contribution is 5.23. The zero-order chi connectivity index (χ0) is 15.8. The van der Waals surface area contributed by atoms with Crippen LogP contribution in [0.15, 0.2) is 60.7 Å². The predicted octanol–water partition coefficient (Wildman–Crippen LogP) is 5.65. The van der Waals surface area contributed by atoms with Crippen LogP contribution in [-0.4, -0.2) is 19.0 Å². The Labute approximate surface area is 136 Å². The van der Waals surface area contributed by atoms with E-state index in [1.54, 1.807) is 0 Å². The van der Waals surface area contributed by atoms with E-state index >= 15 is 0 Å². The molecule has 22 heavy (non-hydrogen) atoms. The molecule has 2 aromatic rings. The molecular weight excluding hydrogens is 266 g/mol. The maximum absolute atomic E-state index is 2.36. The van der Waals surface area contributed by atoms with Gasteiger partial charge in [0.15, 0.2) is 0 Å². The van der Waals surface area contributed by atoms with Crippen molar-refractivity contribution in [3.63, 3.8) is 0 Å². The van der Waals surface area contributed by atoms with Gasteiger partial charge in [0.25, 0.3) is 0 Å². The van der Waals surface area contributed by atoms with Gasteiger partial charge in [-0.3, -0.25) is 0 Å². The van der Waals surface area contributed by atoms with E-state index in [1.807, 2.05) is 0 Å². The molecule has 0 fully saturated rings. The van der Waals surface area contributed by atoms with Crippen molar-refractivity contribution >= 4 is 0 Å². The standard InChI is InChI=1S/C21H29N/c1-4-5-12-20(18-13-8-6-9-14-18)17-21(22(2)3)19-15-10-7-11-16-19/h6-11,13-16,20-21H,4-5,12,17H2,1-3H3. The van der Waals surface area contributed by atoms with Crippen LogP contribution in [-0.2, 0) is 0 Å². The molecular formula is C21H29N. The summed E-state index contributed by atoms with van der Waals surface area (Å²) >= 11 is 0. The third-order valence-corrected chi connectivity index (χ3v) is 4.49. The van der Waals surface area contributed by atoms with E-state index < -0.39 is 0 Å². The highest BCUT2D eigenvalue weighted by atomic mass is 15.1. The minimum atomic E-state index is 0.475. The molecule has 0 radical (unpaired) electrons. The third kappa shape index (κ3) is 4.71. The molecule has 0 N–H and O–H groups in total. The van der Waals surface area contributed by atoms with Gasteiger partial charge in [-0.15, -0.1) is 0 Å². The summed E-state index contributed by atoms with van der Waals surface area (Å²) in [6, 6.07) is 22.4. The third-order valence-electron chi connectivity index (χ3n) is 4.49. The van der Waals surface area contributed by atoms with E-state index in [4.69, 9.17) is 0 Å². The monoisotopic (exact) mass is 295 g/mol. The van der Waals surface area contributed by atoms with Crippen LogP contribution >= 0.6 is 0 Å². The summed E-state index contributed by atoms with van der Waals surface area (Å²) in [4.78, 5) is 2.36. The molecule has 0 saturated carbocycles. The van der Waals surface area contributed by atoms with Gasteiger partial charge < -0.3 is 4.90 Å². The number of hydrogen-bond acceptors (Lipinski definition) is 1. The second-order valence-corrected chi connectivity index (χ2v) is 6.38. The quantitative estimate of drug-likeness (QED) is 0.608. The molecule has 2 atom stereocenters. The molecule has 1 heteroatoms. The number of hydrogen-bond donors (Lipinski definition) is 0. The van der Waals surface area contributed by atoms with Gasteiger partial charge in [0, 0.05) is 6.04 Å². The summed E-state index contributed by atoms with van der Waals surface area (Å²) in [5.41, 5.74) is 2.91. The van der Waals surface area contributed by atoms with Crippen molar-refractivity contribution in [3.8, 4) is 0 Å². The van der Waals surface area contributed by atoms with Crippen LogP contribution in [0.2, 0.25) is 0 Å². The number of nitrogens with zero attached hydrogens (tertiary/aromatic N) is 1. The van der Waals surface area contributed by atoms with E-state index in [9.17, 15) is 0 Å². The largest absolute Gasteiger partial charge is 0.302 e. The topological polar surface area (TPSA) is 3.24 Å². The maximum atomic E-state index is 2.36. The van der Waals surface area contributed by atoms with Crippen molar-refractivity contribution in [3.05, 3.63) is 71.8 Å². The molecule has 0 spiro atoms. The molecule has 0 heterocycles. The number of unbranched alkanes of at least 4 members (excludes halogenated alkanes) is 1. The first-order valence-corrected chi connectivity index (χ1v) is 8.48. The van der Waals surface area contributed by atoms with Gasteiger partial charge in [-0.2, -0.15) is 0 Å². The second-order valence-electron chi connectivity index (χ2n) is 6.38. The molecule has 1 nitrogen and oxygen atoms in total. The molecule has 0 aliphatic heterocycles. The minimum Gasteiger partial charge on any atom is -0.302 e. The molecule has 2 rings (SSSR count). The second kappa shape index (κ2) is 8.75. The molecule has 2 unspecified atom stereocenters. The fourth-order valence-corrected chi connectivity index (χ4v) is 3.19. The highest BCUT2D eigenvalue weighted by Crippen LogP contribution is 2.34. The molecule has 0 aromatic heterocycles. The van der Waals surface area contributed by atoms with Gasteiger partial charge in [-0.05, 0) is 44.0 Å². The van der Waals surface area contributed by atoms with Crippen LogP contribution in [0.3, 0.4) is 0 Å². The fourth-order valence-electron chi connectivity index (χ4n) is 3.19. The van der Waals surface area contributed by atoms with E-state index in [1.165, 1.54) is 36.8 Å². The molecule has 0 aliphatic rings. The van der Waals surface area contributed by atoms with Crippen LogP contribution in [0.5, 0.6) is 0 Å². The Balaban J connectivity index is 2.19. The Morgan fingerprint density at radius 2 is 1.36 bits per heavy atom. The summed E-state index contributed by atoms with van der Waals surface area (Å²) in [6.07, 6.45) is 5.02. The highest BCUT2D eigenvalue weighted by Gasteiger charge is 2.20. The van der Waals surface area contributed by atoms with Gasteiger partial charge in [-0.1, -0.05) is 80.4 Å². The lowest BCUT2D eigenvalue weighted by molar-refractivity contribution is 0.264. The van der Waals surface area contributed by atoms with Gasteiger partial charge >= 0.3 is 0 Å². The lowest BCUT2D eigenvalue weighted by Gasteiger charge is -2.29. The van der Waals surface area contributed by atoms with Crippen molar-refractivity contribution in [2.24, 2.45) is 0 Å². The van der Waals surface area contributed by atoms with Gasteiger partial charge in [0.1, 0.15) is 0 Å². The molecule has 0 saturated heterocycles. The summed E-state index contributed by atoms with van der Waals surface area (Å²) in [7, 11) is 4.39. The van der Waals surface area contributed by atoms with Crippen LogP contribution < -0.4 is 0 Å². The number of benzene rings is 2. The first kappa shape index (κ1) is 16.8. The van der Waals surface area contributed by atoms with Gasteiger partial charge in [-0.25, -0.2) is 0 Å². The van der Waals surface area contributed by atoms with E-state index in [0.29, 0.717) is 12.0 Å². The molecule has 0 amide bonds. The summed E-state index contributed by atoms with van der Waals surface area (Å²) in [6.45, 7) is 2.28.